The van der Waals surface area contributed by atoms with Crippen molar-refractivity contribution in [3.8, 4) is 0 Å². The van der Waals surface area contributed by atoms with Crippen LogP contribution in [0, 0.1) is 0 Å². The van der Waals surface area contributed by atoms with E-state index in [0.29, 0.717) is 12.1 Å². The van der Waals surface area contributed by atoms with E-state index in [1.165, 1.54) is 0 Å². The number of H-pyrrole nitrogens is 1. The quantitative estimate of drug-likeness (QED) is 0.532. The maximum absolute atomic E-state index is 12.7. The van der Waals surface area contributed by atoms with Gasteiger partial charge in [-0.15, -0.1) is 0 Å². The summed E-state index contributed by atoms with van der Waals surface area (Å²) in [4.78, 5) is 41.3. The second kappa shape index (κ2) is 7.47. The van der Waals surface area contributed by atoms with Crippen molar-refractivity contribution in [2.24, 2.45) is 0 Å². The smallest absolute Gasteiger partial charge is 0.325 e. The summed E-state index contributed by atoms with van der Waals surface area (Å²) >= 11 is 3.35. The molecule has 4 rings (SSSR count). The fraction of sp³-hybridized carbons (Fsp3) is 0.150. The summed E-state index contributed by atoms with van der Waals surface area (Å²) in [5.41, 5.74) is 2.49. The van der Waals surface area contributed by atoms with Crippen molar-refractivity contribution < 1.29 is 14.4 Å². The number of para-hydroxylation sites is 2. The predicted octanol–water partition coefficient (Wildman–Crippen LogP) is 3.03. The maximum atomic E-state index is 12.7. The number of aromatic nitrogens is 1. The zero-order valence-electron chi connectivity index (χ0n) is 14.7. The van der Waals surface area contributed by atoms with Crippen molar-refractivity contribution in [1.29, 1.82) is 0 Å². The molecular formula is C20H17BrN4O3. The number of halogens is 1. The van der Waals surface area contributed by atoms with Gasteiger partial charge in [0.25, 0.3) is 5.91 Å². The number of nitrogens with one attached hydrogen (secondary N) is 3. The average molecular weight is 441 g/mol. The topological polar surface area (TPSA) is 94.3 Å². The summed E-state index contributed by atoms with van der Waals surface area (Å²) in [7, 11) is 0. The van der Waals surface area contributed by atoms with Gasteiger partial charge in [0.05, 0.1) is 5.69 Å². The van der Waals surface area contributed by atoms with Crippen molar-refractivity contribution >= 4 is 50.4 Å². The molecule has 3 N–H and O–H groups in total. The van der Waals surface area contributed by atoms with E-state index in [4.69, 9.17) is 0 Å². The first kappa shape index (κ1) is 18.2. The molecule has 0 radical (unpaired) electrons. The van der Waals surface area contributed by atoms with E-state index in [0.717, 1.165) is 25.8 Å². The molecule has 8 heteroatoms. The molecular weight excluding hydrogens is 424 g/mol. The number of nitrogens with zero attached hydrogens (tertiary/aromatic N) is 1. The number of carbonyl (C=O) groups is 3. The minimum atomic E-state index is -0.692. The molecule has 28 heavy (non-hydrogen) atoms. The average Bonchev–Trinajstić information content (AvgIpc) is 3.20. The zero-order valence-corrected chi connectivity index (χ0v) is 16.3. The molecule has 2 aromatic carbocycles. The fourth-order valence-corrected chi connectivity index (χ4v) is 3.67. The van der Waals surface area contributed by atoms with Gasteiger partial charge in [0.15, 0.2) is 0 Å². The summed E-state index contributed by atoms with van der Waals surface area (Å²) in [5.74, 6) is -0.847. The minimum absolute atomic E-state index is 0.337. The van der Waals surface area contributed by atoms with Crippen LogP contribution in [0.2, 0.25) is 0 Å². The molecule has 0 spiro atoms. The summed E-state index contributed by atoms with van der Waals surface area (Å²) < 4.78 is 0.720. The summed E-state index contributed by atoms with van der Waals surface area (Å²) in [5, 5.41) is 6.38. The lowest BCUT2D eigenvalue weighted by molar-refractivity contribution is -0.130. The SMILES string of the molecule is O=C(CN1C(=O)N[C@@H](Cc2c[nH]c3ccccc23)C1=O)Nc1ccccc1Br. The van der Waals surface area contributed by atoms with E-state index in [9.17, 15) is 14.4 Å². The maximum Gasteiger partial charge on any atom is 0.325 e. The van der Waals surface area contributed by atoms with Crippen molar-refractivity contribution in [2.45, 2.75) is 12.5 Å². The lowest BCUT2D eigenvalue weighted by Crippen LogP contribution is -2.38. The molecule has 0 saturated carbocycles. The third kappa shape index (κ3) is 3.50. The Labute approximate surface area is 169 Å². The van der Waals surface area contributed by atoms with Crippen LogP contribution in [-0.2, 0) is 16.0 Å². The molecule has 142 valence electrons. The number of anilines is 1. The lowest BCUT2D eigenvalue weighted by Gasteiger charge is -2.13. The van der Waals surface area contributed by atoms with Crippen LogP contribution in [0.1, 0.15) is 5.56 Å². The van der Waals surface area contributed by atoms with Crippen LogP contribution in [0.3, 0.4) is 0 Å². The standard InChI is InChI=1S/C20H17BrN4O3/c21-14-6-2-4-8-16(14)23-18(26)11-25-19(27)17(24-20(25)28)9-12-10-22-15-7-3-1-5-13(12)15/h1-8,10,17,22H,9,11H2,(H,23,26)(H,24,28)/t17-/m0/s1. The van der Waals surface area contributed by atoms with Gasteiger partial charge < -0.3 is 15.6 Å². The second-order valence-corrected chi connectivity index (χ2v) is 7.37. The molecule has 1 atom stereocenters. The molecule has 3 aromatic rings. The molecule has 4 amide bonds. The van der Waals surface area contributed by atoms with Crippen molar-refractivity contribution in [3.05, 3.63) is 64.8 Å². The highest BCUT2D eigenvalue weighted by atomic mass is 79.9. The Kier molecular flexibility index (Phi) is 4.87. The number of fused-ring (bicyclic) bond motifs is 1. The molecule has 7 nitrogen and oxygen atoms in total. The van der Waals surface area contributed by atoms with Crippen molar-refractivity contribution in [1.82, 2.24) is 15.2 Å². The van der Waals surface area contributed by atoms with Crippen LogP contribution in [0.25, 0.3) is 10.9 Å². The summed E-state index contributed by atoms with van der Waals surface area (Å²) in [6, 6.07) is 13.6. The number of carbonyl (C=O) groups excluding carboxylic acids is 3. The van der Waals surface area contributed by atoms with E-state index < -0.39 is 23.9 Å². The molecule has 1 saturated heterocycles. The summed E-state index contributed by atoms with van der Waals surface area (Å²) in [6.07, 6.45) is 2.20. The third-order valence-corrected chi connectivity index (χ3v) is 5.35. The Morgan fingerprint density at radius 2 is 1.86 bits per heavy atom. The number of amides is 4. The highest BCUT2D eigenvalue weighted by Crippen LogP contribution is 2.22. The van der Waals surface area contributed by atoms with E-state index in [1.807, 2.05) is 36.5 Å². The van der Waals surface area contributed by atoms with E-state index in [1.54, 1.807) is 18.2 Å². The van der Waals surface area contributed by atoms with Crippen molar-refractivity contribution in [2.75, 3.05) is 11.9 Å². The van der Waals surface area contributed by atoms with Gasteiger partial charge in [0.2, 0.25) is 5.91 Å². The minimum Gasteiger partial charge on any atom is -0.361 e. The van der Waals surface area contributed by atoms with Gasteiger partial charge in [0, 0.05) is 28.0 Å². The normalized spacial score (nSPS) is 16.5. The van der Waals surface area contributed by atoms with Gasteiger partial charge in [-0.3, -0.25) is 14.5 Å². The van der Waals surface area contributed by atoms with Crippen LogP contribution in [-0.4, -0.2) is 40.3 Å². The lowest BCUT2D eigenvalue weighted by atomic mass is 10.1. The van der Waals surface area contributed by atoms with Crippen LogP contribution in [0.4, 0.5) is 10.5 Å². The van der Waals surface area contributed by atoms with Crippen LogP contribution in [0.5, 0.6) is 0 Å². The van der Waals surface area contributed by atoms with E-state index in [2.05, 4.69) is 31.5 Å². The molecule has 1 aliphatic rings. The number of hydrogen-bond acceptors (Lipinski definition) is 3. The van der Waals surface area contributed by atoms with Gasteiger partial charge in [0.1, 0.15) is 12.6 Å². The van der Waals surface area contributed by atoms with Crippen LogP contribution < -0.4 is 10.6 Å². The number of imide groups is 1. The van der Waals surface area contributed by atoms with Gasteiger partial charge in [-0.25, -0.2) is 4.79 Å². The molecule has 1 fully saturated rings. The molecule has 0 bridgehead atoms. The van der Waals surface area contributed by atoms with E-state index >= 15 is 0 Å². The highest BCUT2D eigenvalue weighted by molar-refractivity contribution is 9.10. The molecule has 1 aromatic heterocycles. The van der Waals surface area contributed by atoms with Crippen LogP contribution in [0.15, 0.2) is 59.2 Å². The second-order valence-electron chi connectivity index (χ2n) is 6.52. The van der Waals surface area contributed by atoms with E-state index in [-0.39, 0.29) is 6.54 Å². The van der Waals surface area contributed by atoms with Crippen LogP contribution >= 0.6 is 15.9 Å². The Morgan fingerprint density at radius 1 is 1.11 bits per heavy atom. The monoisotopic (exact) mass is 440 g/mol. The molecule has 1 aliphatic heterocycles. The first-order chi connectivity index (χ1) is 13.5. The van der Waals surface area contributed by atoms with Gasteiger partial charge in [-0.05, 0) is 39.7 Å². The number of urea groups is 1. The number of aromatic amines is 1. The fourth-order valence-electron chi connectivity index (χ4n) is 3.28. The Bertz CT molecular complexity index is 1080. The Hall–Kier alpha value is -3.13. The van der Waals surface area contributed by atoms with Crippen molar-refractivity contribution in [3.63, 3.8) is 0 Å². The third-order valence-electron chi connectivity index (χ3n) is 4.66. The first-order valence-corrected chi connectivity index (χ1v) is 9.53. The summed E-state index contributed by atoms with van der Waals surface area (Å²) in [6.45, 7) is -0.337. The Morgan fingerprint density at radius 3 is 2.68 bits per heavy atom. The number of benzene rings is 2. The number of hydrogen-bond donors (Lipinski definition) is 3. The van der Waals surface area contributed by atoms with Gasteiger partial charge in [-0.2, -0.15) is 0 Å². The largest absolute Gasteiger partial charge is 0.361 e. The predicted molar refractivity (Wildman–Crippen MR) is 109 cm³/mol. The van der Waals surface area contributed by atoms with Gasteiger partial charge in [-0.1, -0.05) is 30.3 Å². The molecule has 0 aliphatic carbocycles. The number of rotatable bonds is 5. The Balaban J connectivity index is 1.44. The van der Waals surface area contributed by atoms with Gasteiger partial charge >= 0.3 is 6.03 Å². The highest BCUT2D eigenvalue weighted by Gasteiger charge is 2.39. The zero-order chi connectivity index (χ0) is 19.7. The molecule has 2 heterocycles. The first-order valence-electron chi connectivity index (χ1n) is 8.74. The molecule has 0 unspecified atom stereocenters.